The Morgan fingerprint density at radius 2 is 1.69 bits per heavy atom. The van der Waals surface area contributed by atoms with Gasteiger partial charge in [-0.05, 0) is 81.8 Å². The normalized spacial score (nSPS) is 16.6. The van der Waals surface area contributed by atoms with E-state index in [0.717, 1.165) is 41.9 Å². The van der Waals surface area contributed by atoms with Crippen LogP contribution in [-0.2, 0) is 20.8 Å². The van der Waals surface area contributed by atoms with Crippen molar-refractivity contribution < 1.29 is 33.3 Å². The molecule has 2 aromatic carbocycles. The predicted octanol–water partition coefficient (Wildman–Crippen LogP) is 7.13. The number of hydrogen-bond donors (Lipinski definition) is 1. The Kier molecular flexibility index (Phi) is 12.9. The Balaban J connectivity index is 0.000000730. The predicted molar refractivity (Wildman–Crippen MR) is 161 cm³/mol. The molecule has 1 N–H and O–H groups in total. The number of methoxy groups -OCH3 is 1. The first-order chi connectivity index (χ1) is 20.3. The molecule has 228 valence electrons. The molecule has 11 heteroatoms. The zero-order chi connectivity index (χ0) is 30.5. The van der Waals surface area contributed by atoms with E-state index < -0.39 is 11.5 Å². The van der Waals surface area contributed by atoms with Crippen LogP contribution in [0.25, 0.3) is 0 Å². The van der Waals surface area contributed by atoms with Gasteiger partial charge in [-0.25, -0.2) is 14.6 Å². The van der Waals surface area contributed by atoms with E-state index in [1.165, 1.54) is 17.9 Å². The highest BCUT2D eigenvalue weighted by Crippen LogP contribution is 2.34. The van der Waals surface area contributed by atoms with Crippen LogP contribution in [0.1, 0.15) is 70.4 Å². The van der Waals surface area contributed by atoms with Crippen LogP contribution in [0.15, 0.2) is 47.6 Å². The summed E-state index contributed by atoms with van der Waals surface area (Å²) in [5, 5.41) is 9.03. The number of nitrogens with one attached hydrogen (secondary N) is 1. The number of carbonyl (C=O) groups is 3. The molecule has 0 radical (unpaired) electrons. The molecule has 42 heavy (non-hydrogen) atoms. The van der Waals surface area contributed by atoms with Crippen LogP contribution in [0.2, 0.25) is 0 Å². The molecule has 2 amide bonds. The standard InChI is InChI=1S/C28H35N3O5.C3H5ClO2/c1-4-20-17-26(32)31(18-19-10-13-22(14-11-19)29-28(33)35-5-2)30-27(20)21-12-15-24(34-3)25(16-21)36-23-8-6-7-9-23;1-2-6-3(4)5/h10-16,20,23H,4-9,17-18H2,1-3H3,(H,29,33);2H2,1H3. The molecule has 10 nitrogen and oxygen atoms in total. The van der Waals surface area contributed by atoms with Gasteiger partial charge < -0.3 is 18.9 Å². The average molecular weight is 602 g/mol. The van der Waals surface area contributed by atoms with Crippen LogP contribution < -0.4 is 14.8 Å². The molecule has 1 heterocycles. The molecule has 1 atom stereocenters. The van der Waals surface area contributed by atoms with E-state index in [9.17, 15) is 14.4 Å². The van der Waals surface area contributed by atoms with Crippen molar-refractivity contribution in [1.29, 1.82) is 0 Å². The molecule has 2 aromatic rings. The largest absolute Gasteiger partial charge is 0.493 e. The van der Waals surface area contributed by atoms with Gasteiger partial charge in [-0.15, -0.1) is 0 Å². The van der Waals surface area contributed by atoms with E-state index in [1.807, 2.05) is 30.3 Å². The fourth-order valence-electron chi connectivity index (χ4n) is 4.81. The van der Waals surface area contributed by atoms with E-state index in [1.54, 1.807) is 33.1 Å². The van der Waals surface area contributed by atoms with Crippen molar-refractivity contribution in [2.75, 3.05) is 25.6 Å². The van der Waals surface area contributed by atoms with Crippen molar-refractivity contribution in [3.8, 4) is 11.5 Å². The first-order valence-electron chi connectivity index (χ1n) is 14.4. The van der Waals surface area contributed by atoms with E-state index in [0.29, 0.717) is 37.6 Å². The van der Waals surface area contributed by atoms with E-state index in [-0.39, 0.29) is 17.9 Å². The summed E-state index contributed by atoms with van der Waals surface area (Å²) in [6, 6.07) is 13.2. The third kappa shape index (κ3) is 9.65. The monoisotopic (exact) mass is 601 g/mol. The van der Waals surface area contributed by atoms with Crippen molar-refractivity contribution in [3.05, 3.63) is 53.6 Å². The third-order valence-electron chi connectivity index (χ3n) is 6.94. The van der Waals surface area contributed by atoms with Gasteiger partial charge in [0.2, 0.25) is 5.91 Å². The lowest BCUT2D eigenvalue weighted by Crippen LogP contribution is -2.36. The second-order valence-corrected chi connectivity index (χ2v) is 10.2. The third-order valence-corrected chi connectivity index (χ3v) is 7.05. The van der Waals surface area contributed by atoms with Gasteiger partial charge in [0.05, 0.1) is 38.7 Å². The maximum Gasteiger partial charge on any atom is 0.411 e. The second-order valence-electron chi connectivity index (χ2n) is 9.85. The molecule has 1 saturated carbocycles. The second kappa shape index (κ2) is 16.6. The van der Waals surface area contributed by atoms with Crippen molar-refractivity contribution in [2.24, 2.45) is 11.0 Å². The van der Waals surface area contributed by atoms with Crippen molar-refractivity contribution in [1.82, 2.24) is 5.01 Å². The molecule has 0 bridgehead atoms. The SMILES string of the molecule is CCOC(=O)Cl.CCOC(=O)Nc1ccc(CN2N=C(c3ccc(OC)c(OC4CCCC4)c3)C(CC)CC2=O)cc1. The number of anilines is 1. The smallest absolute Gasteiger partial charge is 0.411 e. The first-order valence-corrected chi connectivity index (χ1v) is 14.7. The number of ether oxygens (including phenoxy) is 4. The van der Waals surface area contributed by atoms with Gasteiger partial charge in [0.15, 0.2) is 11.5 Å². The van der Waals surface area contributed by atoms with E-state index in [2.05, 4.69) is 17.0 Å². The van der Waals surface area contributed by atoms with Crippen LogP contribution in [0.3, 0.4) is 0 Å². The van der Waals surface area contributed by atoms with Crippen molar-refractivity contribution in [2.45, 2.75) is 71.9 Å². The molecule has 1 aliphatic carbocycles. The number of nitrogens with zero attached hydrogens (tertiary/aromatic N) is 2. The molecule has 0 saturated heterocycles. The van der Waals surface area contributed by atoms with Gasteiger partial charge in [-0.2, -0.15) is 5.10 Å². The number of amides is 2. The molecule has 0 aromatic heterocycles. The highest BCUT2D eigenvalue weighted by atomic mass is 35.5. The zero-order valence-electron chi connectivity index (χ0n) is 24.7. The minimum absolute atomic E-state index is 0.00438. The Hall–Kier alpha value is -3.79. The summed E-state index contributed by atoms with van der Waals surface area (Å²) in [4.78, 5) is 34.1. The lowest BCUT2D eigenvalue weighted by Gasteiger charge is -2.29. The maximum atomic E-state index is 12.9. The first kappa shape index (κ1) is 32.7. The minimum Gasteiger partial charge on any atom is -0.493 e. The van der Waals surface area contributed by atoms with E-state index in [4.69, 9.17) is 30.9 Å². The van der Waals surface area contributed by atoms with Crippen LogP contribution >= 0.6 is 11.6 Å². The lowest BCUT2D eigenvalue weighted by atomic mass is 9.89. The zero-order valence-corrected chi connectivity index (χ0v) is 25.4. The molecule has 1 aliphatic heterocycles. The summed E-state index contributed by atoms with van der Waals surface area (Å²) < 4.78 is 20.9. The van der Waals surface area contributed by atoms with Crippen LogP contribution in [0.4, 0.5) is 15.3 Å². The highest BCUT2D eigenvalue weighted by molar-refractivity contribution is 6.61. The summed E-state index contributed by atoms with van der Waals surface area (Å²) in [6.45, 7) is 6.54. The van der Waals surface area contributed by atoms with Gasteiger partial charge in [0.1, 0.15) is 0 Å². The Bertz CT molecular complexity index is 1230. The Morgan fingerprint density at radius 1 is 1.00 bits per heavy atom. The molecule has 0 spiro atoms. The highest BCUT2D eigenvalue weighted by Gasteiger charge is 2.30. The van der Waals surface area contributed by atoms with Crippen LogP contribution in [0, 0.1) is 5.92 Å². The van der Waals surface area contributed by atoms with Crippen molar-refractivity contribution in [3.63, 3.8) is 0 Å². The minimum atomic E-state index is -0.738. The topological polar surface area (TPSA) is 116 Å². The number of halogens is 1. The maximum absolute atomic E-state index is 12.9. The van der Waals surface area contributed by atoms with E-state index >= 15 is 0 Å². The fourth-order valence-corrected chi connectivity index (χ4v) is 4.92. The summed E-state index contributed by atoms with van der Waals surface area (Å²) in [5.41, 5.74) is 2.64. The van der Waals surface area contributed by atoms with Gasteiger partial charge in [0.25, 0.3) is 0 Å². The van der Waals surface area contributed by atoms with Crippen LogP contribution in [-0.4, -0.2) is 54.6 Å². The summed E-state index contributed by atoms with van der Waals surface area (Å²) >= 11 is 4.72. The summed E-state index contributed by atoms with van der Waals surface area (Å²) in [5.74, 6) is 1.47. The lowest BCUT2D eigenvalue weighted by molar-refractivity contribution is -0.133. The molecule has 1 unspecified atom stereocenters. The van der Waals surface area contributed by atoms with Gasteiger partial charge >= 0.3 is 11.5 Å². The van der Waals surface area contributed by atoms with Gasteiger partial charge in [0, 0.05) is 35.2 Å². The van der Waals surface area contributed by atoms with Crippen LogP contribution in [0.5, 0.6) is 11.5 Å². The Labute approximate surface area is 252 Å². The number of carbonyl (C=O) groups excluding carboxylic acids is 3. The van der Waals surface area contributed by atoms with Gasteiger partial charge in [-0.1, -0.05) is 19.1 Å². The van der Waals surface area contributed by atoms with Crippen molar-refractivity contribution >= 4 is 40.4 Å². The quantitative estimate of drug-likeness (QED) is 0.288. The molecule has 4 rings (SSSR count). The summed E-state index contributed by atoms with van der Waals surface area (Å²) in [6.07, 6.45) is 5.43. The summed E-state index contributed by atoms with van der Waals surface area (Å²) in [7, 11) is 1.65. The number of hydrogen-bond acceptors (Lipinski definition) is 8. The Morgan fingerprint density at radius 3 is 2.26 bits per heavy atom. The molecule has 2 aliphatic rings. The number of benzene rings is 2. The number of rotatable bonds is 10. The molecular formula is C31H40ClN3O7. The molecule has 1 fully saturated rings. The fraction of sp³-hybridized carbons (Fsp3) is 0.484. The van der Waals surface area contributed by atoms with Gasteiger partial charge in [-0.3, -0.25) is 10.1 Å². The molecular weight excluding hydrogens is 562 g/mol. The average Bonchev–Trinajstić information content (AvgIpc) is 3.48. The number of hydrazone groups is 1.